The molecule has 2 heterocycles. The number of hydrogen-bond donors (Lipinski definition) is 0. The highest BCUT2D eigenvalue weighted by atomic mass is 16.3. The molecule has 2 aromatic heterocycles. The van der Waals surface area contributed by atoms with Crippen molar-refractivity contribution >= 4 is 32.7 Å². The summed E-state index contributed by atoms with van der Waals surface area (Å²) in [7, 11) is 0. The summed E-state index contributed by atoms with van der Waals surface area (Å²) in [5.74, 6) is 0.366. The first-order chi connectivity index (χ1) is 16.1. The van der Waals surface area contributed by atoms with E-state index in [1.807, 2.05) is 18.3 Å². The van der Waals surface area contributed by atoms with Crippen LogP contribution in [0.5, 0.6) is 0 Å². The fourth-order valence-electron chi connectivity index (χ4n) is 4.96. The summed E-state index contributed by atoms with van der Waals surface area (Å²) >= 11 is 0. The lowest BCUT2D eigenvalue weighted by Crippen LogP contribution is -1.97. The highest BCUT2D eigenvalue weighted by Crippen LogP contribution is 2.40. The van der Waals surface area contributed by atoms with Gasteiger partial charge in [-0.2, -0.15) is 0 Å². The smallest absolute Gasteiger partial charge is 0.145 e. The van der Waals surface area contributed by atoms with Gasteiger partial charge < -0.3 is 4.42 Å². The minimum Gasteiger partial charge on any atom is -0.455 e. The van der Waals surface area contributed by atoms with Gasteiger partial charge in [0.1, 0.15) is 11.2 Å². The Morgan fingerprint density at radius 3 is 2.33 bits per heavy atom. The van der Waals surface area contributed by atoms with Crippen molar-refractivity contribution in [3.05, 3.63) is 102 Å². The Kier molecular flexibility index (Phi) is 4.55. The van der Waals surface area contributed by atoms with E-state index in [4.69, 9.17) is 9.40 Å². The molecule has 6 aromatic rings. The Balaban J connectivity index is 1.65. The van der Waals surface area contributed by atoms with Crippen LogP contribution in [0.2, 0.25) is 0 Å². The van der Waals surface area contributed by atoms with Gasteiger partial charge in [-0.15, -0.1) is 0 Å². The summed E-state index contributed by atoms with van der Waals surface area (Å²) in [4.78, 5) is 4.93. The van der Waals surface area contributed by atoms with Gasteiger partial charge in [0, 0.05) is 22.5 Å². The molecule has 0 aliphatic carbocycles. The Bertz CT molecular complexity index is 1650. The number of nitrogens with zero attached hydrogens (tertiary/aromatic N) is 1. The molecule has 0 fully saturated rings. The van der Waals surface area contributed by atoms with Crippen LogP contribution in [0.25, 0.3) is 55.1 Å². The molecular weight excluding hydrogens is 402 g/mol. The van der Waals surface area contributed by atoms with Crippen LogP contribution in [0.1, 0.15) is 30.9 Å². The summed E-state index contributed by atoms with van der Waals surface area (Å²) in [5.41, 5.74) is 8.73. The molecule has 33 heavy (non-hydrogen) atoms. The standard InChI is InChI=1S/C31H25NO/c1-19(2)27-18-32-28(17-26(27)23-13-8-10-21-9-4-5-11-22(21)23)24-16-15-20(3)30-25-12-6-7-14-29(25)33-31(24)30/h4-19H,1-3H3. The molecule has 0 amide bonds. The molecule has 6 rings (SSSR count). The Labute approximate surface area is 193 Å². The third kappa shape index (κ3) is 3.14. The second kappa shape index (κ2) is 7.60. The van der Waals surface area contributed by atoms with E-state index >= 15 is 0 Å². The van der Waals surface area contributed by atoms with Crippen molar-refractivity contribution in [1.29, 1.82) is 0 Å². The van der Waals surface area contributed by atoms with Crippen molar-refractivity contribution in [2.24, 2.45) is 0 Å². The fraction of sp³-hybridized carbons (Fsp3) is 0.129. The molecule has 0 bridgehead atoms. The minimum atomic E-state index is 0.366. The molecule has 0 atom stereocenters. The van der Waals surface area contributed by atoms with E-state index in [1.165, 1.54) is 38.4 Å². The van der Waals surface area contributed by atoms with Crippen LogP contribution >= 0.6 is 0 Å². The minimum absolute atomic E-state index is 0.366. The number of benzene rings is 4. The normalized spacial score (nSPS) is 11.8. The van der Waals surface area contributed by atoms with E-state index in [0.29, 0.717) is 5.92 Å². The number of aromatic nitrogens is 1. The highest BCUT2D eigenvalue weighted by Gasteiger charge is 2.18. The van der Waals surface area contributed by atoms with Crippen LogP contribution in [0.3, 0.4) is 0 Å². The average molecular weight is 428 g/mol. The van der Waals surface area contributed by atoms with Crippen molar-refractivity contribution in [1.82, 2.24) is 4.98 Å². The van der Waals surface area contributed by atoms with Crippen LogP contribution in [0.4, 0.5) is 0 Å². The molecule has 2 nitrogen and oxygen atoms in total. The number of furan rings is 1. The zero-order valence-corrected chi connectivity index (χ0v) is 19.1. The van der Waals surface area contributed by atoms with Crippen molar-refractivity contribution in [3.63, 3.8) is 0 Å². The van der Waals surface area contributed by atoms with Gasteiger partial charge in [0.25, 0.3) is 0 Å². The predicted octanol–water partition coefficient (Wildman–Crippen LogP) is 8.90. The van der Waals surface area contributed by atoms with Crippen LogP contribution in [0, 0.1) is 6.92 Å². The number of aryl methyl sites for hydroxylation is 1. The number of hydrogen-bond acceptors (Lipinski definition) is 2. The zero-order chi connectivity index (χ0) is 22.5. The van der Waals surface area contributed by atoms with Gasteiger partial charge in [-0.25, -0.2) is 0 Å². The lowest BCUT2D eigenvalue weighted by atomic mass is 9.90. The molecule has 2 heteroatoms. The topological polar surface area (TPSA) is 26.0 Å². The summed E-state index contributed by atoms with van der Waals surface area (Å²) in [6, 6.07) is 30.0. The summed E-state index contributed by atoms with van der Waals surface area (Å²) in [6.07, 6.45) is 2.05. The Morgan fingerprint density at radius 1 is 0.727 bits per heavy atom. The molecule has 160 valence electrons. The SMILES string of the molecule is Cc1ccc(-c2cc(-c3cccc4ccccc34)c(C(C)C)cn2)c2oc3ccccc3c12. The van der Waals surface area contributed by atoms with E-state index in [-0.39, 0.29) is 0 Å². The first-order valence-corrected chi connectivity index (χ1v) is 11.5. The van der Waals surface area contributed by atoms with Gasteiger partial charge >= 0.3 is 0 Å². The summed E-state index contributed by atoms with van der Waals surface area (Å²) < 4.78 is 6.37. The Hall–Kier alpha value is -3.91. The number of pyridine rings is 1. The van der Waals surface area contributed by atoms with E-state index in [2.05, 4.69) is 93.6 Å². The first-order valence-electron chi connectivity index (χ1n) is 11.5. The maximum absolute atomic E-state index is 6.37. The summed E-state index contributed by atoms with van der Waals surface area (Å²) in [6.45, 7) is 6.61. The van der Waals surface area contributed by atoms with Crippen molar-refractivity contribution < 1.29 is 4.42 Å². The van der Waals surface area contributed by atoms with Gasteiger partial charge in [-0.05, 0) is 64.1 Å². The zero-order valence-electron chi connectivity index (χ0n) is 19.1. The summed E-state index contributed by atoms with van der Waals surface area (Å²) in [5, 5.41) is 4.83. The highest BCUT2D eigenvalue weighted by molar-refractivity contribution is 6.11. The quantitative estimate of drug-likeness (QED) is 0.282. The Morgan fingerprint density at radius 2 is 1.48 bits per heavy atom. The second-order valence-corrected chi connectivity index (χ2v) is 9.07. The first kappa shape index (κ1) is 19.8. The molecule has 0 aliphatic rings. The van der Waals surface area contributed by atoms with E-state index < -0.39 is 0 Å². The van der Waals surface area contributed by atoms with Gasteiger partial charge in [-0.3, -0.25) is 4.98 Å². The number of para-hydroxylation sites is 1. The molecule has 0 unspecified atom stereocenters. The maximum Gasteiger partial charge on any atom is 0.145 e. The van der Waals surface area contributed by atoms with Crippen molar-refractivity contribution in [3.8, 4) is 22.4 Å². The van der Waals surface area contributed by atoms with Gasteiger partial charge in [0.2, 0.25) is 0 Å². The van der Waals surface area contributed by atoms with Crippen LogP contribution in [-0.2, 0) is 0 Å². The molecule has 0 radical (unpaired) electrons. The second-order valence-electron chi connectivity index (χ2n) is 9.07. The van der Waals surface area contributed by atoms with E-state index in [0.717, 1.165) is 27.8 Å². The van der Waals surface area contributed by atoms with E-state index in [9.17, 15) is 0 Å². The van der Waals surface area contributed by atoms with E-state index in [1.54, 1.807) is 0 Å². The maximum atomic E-state index is 6.37. The van der Waals surface area contributed by atoms with Crippen LogP contribution in [-0.4, -0.2) is 4.98 Å². The van der Waals surface area contributed by atoms with Crippen LogP contribution in [0.15, 0.2) is 95.5 Å². The van der Waals surface area contributed by atoms with Crippen molar-refractivity contribution in [2.45, 2.75) is 26.7 Å². The van der Waals surface area contributed by atoms with Crippen LogP contribution < -0.4 is 0 Å². The van der Waals surface area contributed by atoms with Gasteiger partial charge in [0.05, 0.1) is 5.69 Å². The third-order valence-corrected chi connectivity index (χ3v) is 6.65. The van der Waals surface area contributed by atoms with Gasteiger partial charge in [0.15, 0.2) is 0 Å². The number of rotatable bonds is 3. The molecule has 4 aromatic carbocycles. The van der Waals surface area contributed by atoms with Gasteiger partial charge in [-0.1, -0.05) is 80.6 Å². The number of fused-ring (bicyclic) bond motifs is 4. The lowest BCUT2D eigenvalue weighted by Gasteiger charge is -2.16. The largest absolute Gasteiger partial charge is 0.455 e. The molecule has 0 N–H and O–H groups in total. The average Bonchev–Trinajstić information content (AvgIpc) is 3.24. The molecule has 0 saturated heterocycles. The third-order valence-electron chi connectivity index (χ3n) is 6.65. The molecule has 0 saturated carbocycles. The fourth-order valence-corrected chi connectivity index (χ4v) is 4.96. The monoisotopic (exact) mass is 427 g/mol. The lowest BCUT2D eigenvalue weighted by molar-refractivity contribution is 0.669. The molecular formula is C31H25NO. The van der Waals surface area contributed by atoms with Crippen molar-refractivity contribution in [2.75, 3.05) is 0 Å². The molecule has 0 spiro atoms. The molecule has 0 aliphatic heterocycles. The predicted molar refractivity (Wildman–Crippen MR) is 139 cm³/mol.